The molecule has 4 atom stereocenters. The van der Waals surface area contributed by atoms with Crippen molar-refractivity contribution >= 4 is 29.2 Å². The number of carbonyl (C=O) groups excluding carboxylic acids is 1. The lowest BCUT2D eigenvalue weighted by Gasteiger charge is -2.21. The minimum Gasteiger partial charge on any atom is -0.495 e. The van der Waals surface area contributed by atoms with E-state index >= 15 is 0 Å². The molecule has 22 heavy (non-hydrogen) atoms. The zero-order valence-electron chi connectivity index (χ0n) is 11.7. The molecule has 0 aliphatic carbocycles. The average Bonchev–Trinajstić information content (AvgIpc) is 3.07. The number of rotatable bonds is 4. The predicted molar refractivity (Wildman–Crippen MR) is 79.1 cm³/mol. The molecule has 1 fully saturated rings. The van der Waals surface area contributed by atoms with Crippen molar-refractivity contribution in [2.45, 2.75) is 12.2 Å². The molecule has 7 heteroatoms. The van der Waals surface area contributed by atoms with Crippen molar-refractivity contribution in [2.75, 3.05) is 12.4 Å². The third kappa shape index (κ3) is 2.44. The fourth-order valence-electron chi connectivity index (χ4n) is 2.88. The van der Waals surface area contributed by atoms with Crippen LogP contribution in [0.4, 0.5) is 5.69 Å². The molecule has 0 spiro atoms. The van der Waals surface area contributed by atoms with Gasteiger partial charge in [-0.05, 0) is 18.2 Å². The lowest BCUT2D eigenvalue weighted by atomic mass is 9.82. The van der Waals surface area contributed by atoms with Crippen LogP contribution >= 0.6 is 11.6 Å². The van der Waals surface area contributed by atoms with Crippen LogP contribution in [0.25, 0.3) is 0 Å². The van der Waals surface area contributed by atoms with Crippen LogP contribution in [-0.4, -0.2) is 36.3 Å². The van der Waals surface area contributed by atoms with Gasteiger partial charge in [-0.1, -0.05) is 23.8 Å². The van der Waals surface area contributed by atoms with Gasteiger partial charge in [0.25, 0.3) is 0 Å². The van der Waals surface area contributed by atoms with Crippen LogP contribution in [0, 0.1) is 11.8 Å². The molecule has 0 radical (unpaired) electrons. The first-order valence-electron chi connectivity index (χ1n) is 6.72. The lowest BCUT2D eigenvalue weighted by molar-refractivity contribution is -0.145. The summed E-state index contributed by atoms with van der Waals surface area (Å²) in [5, 5.41) is 12.4. The zero-order chi connectivity index (χ0) is 15.9. The number of anilines is 1. The Morgan fingerprint density at radius 1 is 1.27 bits per heavy atom. The molecule has 1 amide bonds. The van der Waals surface area contributed by atoms with Gasteiger partial charge in [0.1, 0.15) is 11.7 Å². The highest BCUT2D eigenvalue weighted by molar-refractivity contribution is 6.32. The molecule has 0 unspecified atom stereocenters. The Morgan fingerprint density at radius 2 is 1.95 bits per heavy atom. The summed E-state index contributed by atoms with van der Waals surface area (Å²) in [5.74, 6) is -2.57. The first kappa shape index (κ1) is 14.9. The summed E-state index contributed by atoms with van der Waals surface area (Å²) in [7, 11) is 1.50. The van der Waals surface area contributed by atoms with Crippen molar-refractivity contribution in [1.82, 2.24) is 0 Å². The van der Waals surface area contributed by atoms with Gasteiger partial charge in [0, 0.05) is 5.69 Å². The maximum absolute atomic E-state index is 12.4. The second-order valence-corrected chi connectivity index (χ2v) is 5.59. The van der Waals surface area contributed by atoms with E-state index in [9.17, 15) is 14.7 Å². The molecule has 2 N–H and O–H groups in total. The number of carbonyl (C=O) groups is 2. The Bertz CT molecular complexity index is 659. The highest BCUT2D eigenvalue weighted by Gasteiger charge is 2.53. The quantitative estimate of drug-likeness (QED) is 0.827. The Balaban J connectivity index is 1.78. The zero-order valence-corrected chi connectivity index (χ0v) is 12.4. The van der Waals surface area contributed by atoms with E-state index in [1.54, 1.807) is 30.4 Å². The van der Waals surface area contributed by atoms with E-state index in [4.69, 9.17) is 21.1 Å². The van der Waals surface area contributed by atoms with Gasteiger partial charge < -0.3 is 19.9 Å². The summed E-state index contributed by atoms with van der Waals surface area (Å²) < 4.78 is 10.5. The fraction of sp³-hybridized carbons (Fsp3) is 0.333. The molecule has 2 aliphatic heterocycles. The molecule has 0 saturated carbocycles. The Morgan fingerprint density at radius 3 is 2.55 bits per heavy atom. The second kappa shape index (κ2) is 5.62. The van der Waals surface area contributed by atoms with Crippen LogP contribution in [0.3, 0.4) is 0 Å². The van der Waals surface area contributed by atoms with Crippen molar-refractivity contribution in [3.63, 3.8) is 0 Å². The first-order chi connectivity index (χ1) is 10.5. The molecule has 2 aliphatic rings. The minimum atomic E-state index is -1.04. The predicted octanol–water partition coefficient (Wildman–Crippen LogP) is 1.94. The van der Waals surface area contributed by atoms with E-state index in [0.717, 1.165) is 0 Å². The van der Waals surface area contributed by atoms with Crippen LogP contribution in [0.2, 0.25) is 5.02 Å². The normalized spacial score (nSPS) is 28.6. The molecule has 6 nitrogen and oxygen atoms in total. The maximum atomic E-state index is 12.4. The average molecular weight is 324 g/mol. The highest BCUT2D eigenvalue weighted by atomic mass is 35.5. The summed E-state index contributed by atoms with van der Waals surface area (Å²) in [4.78, 5) is 23.8. The van der Waals surface area contributed by atoms with Crippen molar-refractivity contribution in [2.24, 2.45) is 11.8 Å². The molecule has 116 valence electrons. The number of hydrogen-bond donors (Lipinski definition) is 2. The molecule has 1 aromatic carbocycles. The van der Waals surface area contributed by atoms with Crippen molar-refractivity contribution in [3.8, 4) is 5.75 Å². The van der Waals surface area contributed by atoms with Gasteiger partial charge in [-0.25, -0.2) is 0 Å². The minimum absolute atomic E-state index is 0.360. The molecule has 3 rings (SSSR count). The molecule has 2 bridgehead atoms. The lowest BCUT2D eigenvalue weighted by Crippen LogP contribution is -2.39. The van der Waals surface area contributed by atoms with Crippen LogP contribution < -0.4 is 10.1 Å². The van der Waals surface area contributed by atoms with E-state index < -0.39 is 35.9 Å². The number of aliphatic carboxylic acids is 1. The number of hydrogen-bond acceptors (Lipinski definition) is 4. The number of benzene rings is 1. The standard InChI is InChI=1S/C15H14ClNO5/c1-21-9-3-2-7(6-8(9)16)17-14(18)12-10-4-5-11(22-10)13(12)15(19)20/h2-6,10-13H,1H3,(H,17,18)(H,19,20)/t10-,11+,12+,13-/m0/s1. The summed E-state index contributed by atoms with van der Waals surface area (Å²) in [6.07, 6.45) is 2.38. The van der Waals surface area contributed by atoms with Crippen molar-refractivity contribution in [1.29, 1.82) is 0 Å². The summed E-state index contributed by atoms with van der Waals surface area (Å²) in [6.45, 7) is 0. The van der Waals surface area contributed by atoms with Gasteiger partial charge in [-0.15, -0.1) is 0 Å². The summed E-state index contributed by atoms with van der Waals surface area (Å²) in [6, 6.07) is 4.82. The smallest absolute Gasteiger partial charge is 0.310 e. The first-order valence-corrected chi connectivity index (χ1v) is 7.10. The van der Waals surface area contributed by atoms with Gasteiger partial charge in [-0.2, -0.15) is 0 Å². The monoisotopic (exact) mass is 323 g/mol. The number of carboxylic acid groups (broad SMARTS) is 1. The van der Waals surface area contributed by atoms with E-state index in [1.807, 2.05) is 0 Å². The van der Waals surface area contributed by atoms with Gasteiger partial charge in [-0.3, -0.25) is 9.59 Å². The topological polar surface area (TPSA) is 84.9 Å². The van der Waals surface area contributed by atoms with E-state index in [1.165, 1.54) is 7.11 Å². The number of halogens is 1. The van der Waals surface area contributed by atoms with Crippen LogP contribution in [0.15, 0.2) is 30.4 Å². The Kier molecular flexibility index (Phi) is 3.80. The molecular weight excluding hydrogens is 310 g/mol. The van der Waals surface area contributed by atoms with Crippen LogP contribution in [0.1, 0.15) is 0 Å². The molecule has 1 aromatic rings. The number of amides is 1. The largest absolute Gasteiger partial charge is 0.495 e. The third-order valence-electron chi connectivity index (χ3n) is 3.91. The number of fused-ring (bicyclic) bond motifs is 2. The van der Waals surface area contributed by atoms with E-state index in [0.29, 0.717) is 16.5 Å². The highest BCUT2D eigenvalue weighted by Crippen LogP contribution is 2.40. The van der Waals surface area contributed by atoms with Crippen molar-refractivity contribution < 1.29 is 24.2 Å². The van der Waals surface area contributed by atoms with Gasteiger partial charge in [0.15, 0.2) is 0 Å². The van der Waals surface area contributed by atoms with Crippen LogP contribution in [0.5, 0.6) is 5.75 Å². The second-order valence-electron chi connectivity index (χ2n) is 5.18. The number of ether oxygens (including phenoxy) is 2. The molecular formula is C15H14ClNO5. The Hall–Kier alpha value is -2.05. The number of carboxylic acids is 1. The maximum Gasteiger partial charge on any atom is 0.310 e. The SMILES string of the molecule is COc1ccc(NC(=O)[C@H]2[C@@H](C(=O)O)[C@H]3C=C[C@@H]2O3)cc1Cl. The number of nitrogens with one attached hydrogen (secondary N) is 1. The van der Waals surface area contributed by atoms with E-state index in [2.05, 4.69) is 5.32 Å². The molecule has 2 heterocycles. The van der Waals surface area contributed by atoms with Gasteiger partial charge in [0.2, 0.25) is 5.91 Å². The third-order valence-corrected chi connectivity index (χ3v) is 4.20. The fourth-order valence-corrected chi connectivity index (χ4v) is 3.14. The van der Waals surface area contributed by atoms with Crippen LogP contribution in [-0.2, 0) is 14.3 Å². The summed E-state index contributed by atoms with van der Waals surface area (Å²) >= 11 is 6.01. The van der Waals surface area contributed by atoms with Gasteiger partial charge >= 0.3 is 5.97 Å². The molecule has 1 saturated heterocycles. The van der Waals surface area contributed by atoms with Gasteiger partial charge in [0.05, 0.1) is 30.3 Å². The number of methoxy groups -OCH3 is 1. The van der Waals surface area contributed by atoms with Crippen molar-refractivity contribution in [3.05, 3.63) is 35.4 Å². The summed E-state index contributed by atoms with van der Waals surface area (Å²) in [5.41, 5.74) is 0.478. The molecule has 0 aromatic heterocycles. The van der Waals surface area contributed by atoms with E-state index in [-0.39, 0.29) is 0 Å². The Labute approximate surface area is 131 Å².